The number of thiophene rings is 1. The molecule has 0 aliphatic heterocycles. The van der Waals surface area contributed by atoms with Crippen molar-refractivity contribution in [2.45, 2.75) is 50.6 Å². The zero-order valence-corrected chi connectivity index (χ0v) is 14.1. The predicted octanol–water partition coefficient (Wildman–Crippen LogP) is 3.22. The second-order valence-corrected chi connectivity index (χ2v) is 8.01. The summed E-state index contributed by atoms with van der Waals surface area (Å²) in [5.74, 6) is 0. The van der Waals surface area contributed by atoms with Crippen molar-refractivity contribution in [1.82, 2.24) is 4.72 Å². The maximum absolute atomic E-state index is 12.7. The van der Waals surface area contributed by atoms with Crippen LogP contribution in [0.4, 0.5) is 0 Å². The molecule has 4 nitrogen and oxygen atoms in total. The van der Waals surface area contributed by atoms with Crippen molar-refractivity contribution >= 4 is 31.4 Å². The normalized spacial score (nSPS) is 13.7. The fraction of sp³-hybridized carbons (Fsp3) is 0.467. The van der Waals surface area contributed by atoms with Crippen LogP contribution in [0.15, 0.2) is 29.2 Å². The Hall–Kier alpha value is -0.950. The van der Waals surface area contributed by atoms with Crippen molar-refractivity contribution < 1.29 is 8.42 Å². The Balaban J connectivity index is 2.39. The van der Waals surface area contributed by atoms with E-state index in [1.54, 1.807) is 0 Å². The fourth-order valence-electron chi connectivity index (χ4n) is 2.39. The highest BCUT2D eigenvalue weighted by Crippen LogP contribution is 2.34. The molecule has 0 aliphatic rings. The number of rotatable bonds is 7. The number of nitrogens with two attached hydrogens (primary N) is 1. The van der Waals surface area contributed by atoms with Gasteiger partial charge in [0, 0.05) is 27.5 Å². The van der Waals surface area contributed by atoms with E-state index in [2.05, 4.69) is 11.6 Å². The van der Waals surface area contributed by atoms with Crippen molar-refractivity contribution in [2.24, 2.45) is 5.73 Å². The lowest BCUT2D eigenvalue weighted by atomic mass is 10.2. The summed E-state index contributed by atoms with van der Waals surface area (Å²) >= 11 is 1.45. The van der Waals surface area contributed by atoms with Crippen LogP contribution in [0.1, 0.15) is 38.0 Å². The number of benzene rings is 1. The summed E-state index contributed by atoms with van der Waals surface area (Å²) in [5, 5.41) is 0.762. The molecule has 1 heterocycles. The second kappa shape index (κ2) is 6.87. The van der Waals surface area contributed by atoms with E-state index in [9.17, 15) is 8.42 Å². The molecule has 1 aromatic carbocycles. The fourth-order valence-corrected chi connectivity index (χ4v) is 5.51. The van der Waals surface area contributed by atoms with E-state index in [1.165, 1.54) is 11.3 Å². The highest BCUT2D eigenvalue weighted by atomic mass is 32.2. The highest BCUT2D eigenvalue weighted by Gasteiger charge is 2.25. The summed E-state index contributed by atoms with van der Waals surface area (Å²) < 4.78 is 29.1. The summed E-state index contributed by atoms with van der Waals surface area (Å²) in [6, 6.07) is 7.47. The van der Waals surface area contributed by atoms with Gasteiger partial charge in [-0.25, -0.2) is 13.1 Å². The summed E-state index contributed by atoms with van der Waals surface area (Å²) in [5.41, 5.74) is 5.74. The van der Waals surface area contributed by atoms with Crippen molar-refractivity contribution in [3.8, 4) is 0 Å². The van der Waals surface area contributed by atoms with Crippen LogP contribution in [-0.4, -0.2) is 14.5 Å². The molecule has 0 amide bonds. The Kier molecular flexibility index (Phi) is 5.37. The van der Waals surface area contributed by atoms with E-state index in [1.807, 2.05) is 31.2 Å². The van der Waals surface area contributed by atoms with Crippen LogP contribution in [0, 0.1) is 0 Å². The van der Waals surface area contributed by atoms with E-state index in [4.69, 9.17) is 5.73 Å². The minimum Gasteiger partial charge on any atom is -0.326 e. The van der Waals surface area contributed by atoms with Crippen LogP contribution in [-0.2, 0) is 16.6 Å². The molecule has 116 valence electrons. The average molecular weight is 326 g/mol. The number of hydrogen-bond acceptors (Lipinski definition) is 4. The smallest absolute Gasteiger partial charge is 0.242 e. The second-order valence-electron chi connectivity index (χ2n) is 5.22. The molecule has 1 atom stereocenters. The standard InChI is InChI=1S/C15H22N2O2S2/c1-3-4-7-11(2)17-21(18,19)15-12-8-5-6-9-13(12)20-14(15)10-16/h5-6,8-9,11,17H,3-4,7,10,16H2,1-2H3. The van der Waals surface area contributed by atoms with Gasteiger partial charge in [0.25, 0.3) is 0 Å². The largest absolute Gasteiger partial charge is 0.326 e. The number of hydrogen-bond donors (Lipinski definition) is 2. The topological polar surface area (TPSA) is 72.2 Å². The van der Waals surface area contributed by atoms with Crippen molar-refractivity contribution in [3.05, 3.63) is 29.1 Å². The maximum Gasteiger partial charge on any atom is 0.242 e. The Bertz CT molecular complexity index is 708. The third kappa shape index (κ3) is 3.63. The Morgan fingerprint density at radius 1 is 1.33 bits per heavy atom. The molecule has 6 heteroatoms. The Labute approximate surface area is 130 Å². The van der Waals surface area contributed by atoms with E-state index in [0.29, 0.717) is 9.77 Å². The molecular weight excluding hydrogens is 304 g/mol. The SMILES string of the molecule is CCCCC(C)NS(=O)(=O)c1c(CN)sc2ccccc12. The molecule has 0 aliphatic carbocycles. The molecule has 0 saturated heterocycles. The summed E-state index contributed by atoms with van der Waals surface area (Å²) in [6.07, 6.45) is 2.91. The summed E-state index contributed by atoms with van der Waals surface area (Å²) in [7, 11) is -3.54. The molecule has 0 fully saturated rings. The predicted molar refractivity (Wildman–Crippen MR) is 89.0 cm³/mol. The number of nitrogens with one attached hydrogen (secondary N) is 1. The summed E-state index contributed by atoms with van der Waals surface area (Å²) in [6.45, 7) is 4.24. The lowest BCUT2D eigenvalue weighted by Gasteiger charge is -2.14. The minimum absolute atomic E-state index is 0.0702. The zero-order valence-electron chi connectivity index (χ0n) is 12.4. The quantitative estimate of drug-likeness (QED) is 0.820. The zero-order chi connectivity index (χ0) is 15.5. The molecule has 21 heavy (non-hydrogen) atoms. The molecule has 0 radical (unpaired) electrons. The first-order valence-corrected chi connectivity index (χ1v) is 9.52. The van der Waals surface area contributed by atoms with Gasteiger partial charge in [-0.3, -0.25) is 0 Å². The van der Waals surface area contributed by atoms with E-state index < -0.39 is 10.0 Å². The van der Waals surface area contributed by atoms with E-state index >= 15 is 0 Å². The average Bonchev–Trinajstić information content (AvgIpc) is 2.83. The summed E-state index contributed by atoms with van der Waals surface area (Å²) in [4.78, 5) is 1.07. The number of sulfonamides is 1. The van der Waals surface area contributed by atoms with Gasteiger partial charge in [-0.2, -0.15) is 0 Å². The first-order valence-electron chi connectivity index (χ1n) is 7.22. The van der Waals surface area contributed by atoms with Gasteiger partial charge in [0.05, 0.1) is 0 Å². The van der Waals surface area contributed by atoms with Gasteiger partial charge < -0.3 is 5.73 Å². The first kappa shape index (κ1) is 16.4. The van der Waals surface area contributed by atoms with Gasteiger partial charge >= 0.3 is 0 Å². The third-order valence-corrected chi connectivity index (χ3v) is 6.46. The van der Waals surface area contributed by atoms with Gasteiger partial charge in [0.1, 0.15) is 4.90 Å². The van der Waals surface area contributed by atoms with Gasteiger partial charge in [-0.1, -0.05) is 38.0 Å². The van der Waals surface area contributed by atoms with Crippen LogP contribution >= 0.6 is 11.3 Å². The lowest BCUT2D eigenvalue weighted by Crippen LogP contribution is -2.33. The number of fused-ring (bicyclic) bond motifs is 1. The van der Waals surface area contributed by atoms with Gasteiger partial charge in [0.2, 0.25) is 10.0 Å². The van der Waals surface area contributed by atoms with Crippen molar-refractivity contribution in [2.75, 3.05) is 0 Å². The van der Waals surface area contributed by atoms with Gasteiger partial charge in [0.15, 0.2) is 0 Å². The molecule has 3 N–H and O–H groups in total. The highest BCUT2D eigenvalue weighted by molar-refractivity contribution is 7.90. The molecule has 2 aromatic rings. The van der Waals surface area contributed by atoms with Crippen molar-refractivity contribution in [3.63, 3.8) is 0 Å². The van der Waals surface area contributed by atoms with E-state index in [-0.39, 0.29) is 12.6 Å². The maximum atomic E-state index is 12.7. The molecule has 0 saturated carbocycles. The molecule has 1 aromatic heterocycles. The third-order valence-electron chi connectivity index (χ3n) is 3.42. The molecule has 0 spiro atoms. The minimum atomic E-state index is -3.54. The van der Waals surface area contributed by atoms with Crippen LogP contribution in [0.25, 0.3) is 10.1 Å². The van der Waals surface area contributed by atoms with Crippen LogP contribution < -0.4 is 10.5 Å². The Morgan fingerprint density at radius 3 is 2.71 bits per heavy atom. The van der Waals surface area contributed by atoms with Gasteiger partial charge in [-0.05, 0) is 19.4 Å². The lowest BCUT2D eigenvalue weighted by molar-refractivity contribution is 0.534. The monoisotopic (exact) mass is 326 g/mol. The molecule has 0 bridgehead atoms. The molecule has 1 unspecified atom stereocenters. The van der Waals surface area contributed by atoms with Crippen molar-refractivity contribution in [1.29, 1.82) is 0 Å². The molecular formula is C15H22N2O2S2. The van der Waals surface area contributed by atoms with Crippen LogP contribution in [0.3, 0.4) is 0 Å². The van der Waals surface area contributed by atoms with Crippen LogP contribution in [0.2, 0.25) is 0 Å². The Morgan fingerprint density at radius 2 is 2.05 bits per heavy atom. The molecule has 2 rings (SSSR count). The van der Waals surface area contributed by atoms with E-state index in [0.717, 1.165) is 29.3 Å². The first-order chi connectivity index (χ1) is 9.99. The van der Waals surface area contributed by atoms with Crippen LogP contribution in [0.5, 0.6) is 0 Å². The van der Waals surface area contributed by atoms with Gasteiger partial charge in [-0.15, -0.1) is 11.3 Å². The number of unbranched alkanes of at least 4 members (excludes halogenated alkanes) is 1.